The molecule has 1 aliphatic heterocycles. The number of rotatable bonds is 3. The third kappa shape index (κ3) is 3.33. The van der Waals surface area contributed by atoms with Gasteiger partial charge >= 0.3 is 0 Å². The molecule has 0 saturated carbocycles. The maximum absolute atomic E-state index is 13.2. The molecule has 0 spiro atoms. The molecule has 0 saturated heterocycles. The van der Waals surface area contributed by atoms with Gasteiger partial charge in [-0.1, -0.05) is 35.9 Å². The highest BCUT2D eigenvalue weighted by Gasteiger charge is 2.18. The maximum atomic E-state index is 13.2. The summed E-state index contributed by atoms with van der Waals surface area (Å²) in [6.07, 6.45) is 0. The number of nitrogens with zero attached hydrogens (tertiary/aromatic N) is 1. The fourth-order valence-corrected chi connectivity index (χ4v) is 3.66. The van der Waals surface area contributed by atoms with E-state index in [1.165, 1.54) is 0 Å². The molecule has 0 aliphatic carbocycles. The molecule has 4 aromatic rings. The molecule has 1 amide bonds. The number of aromatic nitrogens is 1. The van der Waals surface area contributed by atoms with E-state index in [1.807, 2.05) is 55.5 Å². The average molecular weight is 417 g/mol. The van der Waals surface area contributed by atoms with Crippen LogP contribution in [-0.2, 0) is 0 Å². The smallest absolute Gasteiger partial charge is 0.256 e. The number of aryl methyl sites for hydroxylation is 1. The van der Waals surface area contributed by atoms with E-state index >= 15 is 0 Å². The van der Waals surface area contributed by atoms with Gasteiger partial charge in [-0.25, -0.2) is 4.98 Å². The van der Waals surface area contributed by atoms with E-state index in [4.69, 9.17) is 26.1 Å². The van der Waals surface area contributed by atoms with Gasteiger partial charge in [-0.15, -0.1) is 0 Å². The van der Waals surface area contributed by atoms with Gasteiger partial charge in [-0.3, -0.25) is 4.79 Å². The Balaban J connectivity index is 1.60. The first kappa shape index (κ1) is 18.5. The third-order valence-electron chi connectivity index (χ3n) is 5.08. The van der Waals surface area contributed by atoms with Crippen LogP contribution in [0.5, 0.6) is 11.5 Å². The molecule has 1 N–H and O–H groups in total. The molecule has 0 fully saturated rings. The summed E-state index contributed by atoms with van der Waals surface area (Å²) in [4.78, 5) is 18.0. The summed E-state index contributed by atoms with van der Waals surface area (Å²) < 4.78 is 10.9. The van der Waals surface area contributed by atoms with Crippen molar-refractivity contribution in [2.75, 3.05) is 12.1 Å². The van der Waals surface area contributed by atoms with Gasteiger partial charge in [0.15, 0.2) is 11.5 Å². The van der Waals surface area contributed by atoms with Crippen LogP contribution in [0.4, 0.5) is 5.69 Å². The van der Waals surface area contributed by atoms with Crippen LogP contribution in [0.25, 0.3) is 22.2 Å². The second-order valence-corrected chi connectivity index (χ2v) is 7.49. The van der Waals surface area contributed by atoms with E-state index in [0.29, 0.717) is 33.5 Å². The normalized spacial score (nSPS) is 12.2. The van der Waals surface area contributed by atoms with Gasteiger partial charge in [0, 0.05) is 21.7 Å². The van der Waals surface area contributed by atoms with Gasteiger partial charge < -0.3 is 14.8 Å². The molecule has 0 unspecified atom stereocenters. The highest BCUT2D eigenvalue weighted by atomic mass is 35.5. The first-order valence-corrected chi connectivity index (χ1v) is 9.83. The molecule has 1 aromatic heterocycles. The summed E-state index contributed by atoms with van der Waals surface area (Å²) in [6, 6.07) is 20.4. The average Bonchev–Trinajstić information content (AvgIpc) is 3.23. The molecule has 5 rings (SSSR count). The largest absolute Gasteiger partial charge is 0.454 e. The minimum absolute atomic E-state index is 0.205. The zero-order chi connectivity index (χ0) is 20.7. The predicted octanol–water partition coefficient (Wildman–Crippen LogP) is 5.84. The topological polar surface area (TPSA) is 60.5 Å². The van der Waals surface area contributed by atoms with Crippen molar-refractivity contribution in [1.29, 1.82) is 0 Å². The molecule has 3 aromatic carbocycles. The number of carbonyl (C=O) groups excluding carboxylic acids is 1. The molecule has 0 bridgehead atoms. The Labute approximate surface area is 178 Å². The summed E-state index contributed by atoms with van der Waals surface area (Å²) in [7, 11) is 0. The van der Waals surface area contributed by atoms with Crippen LogP contribution in [0.3, 0.4) is 0 Å². The van der Waals surface area contributed by atoms with Crippen LogP contribution in [0.2, 0.25) is 5.02 Å². The number of nitrogens with one attached hydrogen (secondary N) is 1. The first-order valence-electron chi connectivity index (χ1n) is 9.46. The fraction of sp³-hybridized carbons (Fsp3) is 0.0833. The van der Waals surface area contributed by atoms with Gasteiger partial charge in [0.1, 0.15) is 0 Å². The van der Waals surface area contributed by atoms with Gasteiger partial charge in [0.25, 0.3) is 5.91 Å². The number of ether oxygens (including phenoxy) is 2. The van der Waals surface area contributed by atoms with Crippen molar-refractivity contribution in [2.24, 2.45) is 0 Å². The van der Waals surface area contributed by atoms with Crippen molar-refractivity contribution in [1.82, 2.24) is 4.98 Å². The van der Waals surface area contributed by atoms with Crippen molar-refractivity contribution in [3.63, 3.8) is 0 Å². The third-order valence-corrected chi connectivity index (χ3v) is 5.31. The number of carbonyl (C=O) groups is 1. The van der Waals surface area contributed by atoms with Gasteiger partial charge in [-0.2, -0.15) is 0 Å². The zero-order valence-corrected chi connectivity index (χ0v) is 16.9. The summed E-state index contributed by atoms with van der Waals surface area (Å²) >= 11 is 6.11. The maximum Gasteiger partial charge on any atom is 0.256 e. The molecular formula is C24H17ClN2O3. The quantitative estimate of drug-likeness (QED) is 0.455. The molecule has 0 radical (unpaired) electrons. The van der Waals surface area contributed by atoms with Crippen molar-refractivity contribution >= 4 is 34.1 Å². The van der Waals surface area contributed by atoms with E-state index in [2.05, 4.69) is 5.32 Å². The fourth-order valence-electron chi connectivity index (χ4n) is 3.49. The van der Waals surface area contributed by atoms with E-state index in [-0.39, 0.29) is 12.7 Å². The Hall–Kier alpha value is -3.57. The van der Waals surface area contributed by atoms with E-state index in [0.717, 1.165) is 22.0 Å². The van der Waals surface area contributed by atoms with E-state index in [1.54, 1.807) is 18.2 Å². The molecule has 148 valence electrons. The standard InChI is InChI=1S/C24H17ClN2O3/c1-14-6-8-16(25)11-20(14)27-24(28)18-12-21(26-19-5-3-2-4-17(18)19)15-7-9-22-23(10-15)30-13-29-22/h2-12H,13H2,1H3,(H,27,28). The lowest BCUT2D eigenvalue weighted by Gasteiger charge is -2.12. The predicted molar refractivity (Wildman–Crippen MR) is 117 cm³/mol. The molecular weight excluding hydrogens is 400 g/mol. The van der Waals surface area contributed by atoms with Crippen molar-refractivity contribution < 1.29 is 14.3 Å². The molecule has 6 heteroatoms. The number of hydrogen-bond donors (Lipinski definition) is 1. The number of anilines is 1. The second kappa shape index (κ2) is 7.35. The van der Waals surface area contributed by atoms with Crippen LogP contribution in [0.15, 0.2) is 66.7 Å². The van der Waals surface area contributed by atoms with Crippen molar-refractivity contribution in [3.05, 3.63) is 82.9 Å². The number of pyridine rings is 1. The van der Waals surface area contributed by atoms with Crippen LogP contribution in [-0.4, -0.2) is 17.7 Å². The second-order valence-electron chi connectivity index (χ2n) is 7.05. The molecule has 2 heterocycles. The minimum atomic E-state index is -0.221. The Kier molecular flexibility index (Phi) is 4.52. The molecule has 1 aliphatic rings. The van der Waals surface area contributed by atoms with Crippen molar-refractivity contribution in [3.8, 4) is 22.8 Å². The van der Waals surface area contributed by atoms with E-state index in [9.17, 15) is 4.79 Å². The number of amides is 1. The Bertz CT molecular complexity index is 1300. The molecule has 5 nitrogen and oxygen atoms in total. The van der Waals surface area contributed by atoms with Gasteiger partial charge in [0.05, 0.1) is 16.8 Å². The number of para-hydroxylation sites is 1. The van der Waals surface area contributed by atoms with Crippen LogP contribution < -0.4 is 14.8 Å². The monoisotopic (exact) mass is 416 g/mol. The van der Waals surface area contributed by atoms with Crippen molar-refractivity contribution in [2.45, 2.75) is 6.92 Å². The number of fused-ring (bicyclic) bond motifs is 2. The Morgan fingerprint density at radius 1 is 1.00 bits per heavy atom. The summed E-state index contributed by atoms with van der Waals surface area (Å²) in [5.41, 5.74) is 4.41. The lowest BCUT2D eigenvalue weighted by molar-refractivity contribution is 0.102. The summed E-state index contributed by atoms with van der Waals surface area (Å²) in [6.45, 7) is 2.13. The summed E-state index contributed by atoms with van der Waals surface area (Å²) in [5, 5.41) is 4.33. The minimum Gasteiger partial charge on any atom is -0.454 e. The molecule has 30 heavy (non-hydrogen) atoms. The first-order chi connectivity index (χ1) is 14.6. The van der Waals surface area contributed by atoms with Crippen LogP contribution >= 0.6 is 11.6 Å². The van der Waals surface area contributed by atoms with E-state index < -0.39 is 0 Å². The Morgan fingerprint density at radius 2 is 1.83 bits per heavy atom. The molecule has 0 atom stereocenters. The number of hydrogen-bond acceptors (Lipinski definition) is 4. The van der Waals surface area contributed by atoms with Gasteiger partial charge in [0.2, 0.25) is 6.79 Å². The zero-order valence-electron chi connectivity index (χ0n) is 16.1. The highest BCUT2D eigenvalue weighted by Crippen LogP contribution is 2.36. The summed E-state index contributed by atoms with van der Waals surface area (Å²) in [5.74, 6) is 1.15. The van der Waals surface area contributed by atoms with Crippen LogP contribution in [0.1, 0.15) is 15.9 Å². The lowest BCUT2D eigenvalue weighted by atomic mass is 10.0. The number of halogens is 1. The van der Waals surface area contributed by atoms with Crippen LogP contribution in [0, 0.1) is 6.92 Å². The lowest BCUT2D eigenvalue weighted by Crippen LogP contribution is -2.14. The van der Waals surface area contributed by atoms with Gasteiger partial charge in [-0.05, 0) is 55.0 Å². The SMILES string of the molecule is Cc1ccc(Cl)cc1NC(=O)c1cc(-c2ccc3c(c2)OCO3)nc2ccccc12. The Morgan fingerprint density at radius 3 is 2.73 bits per heavy atom. The number of benzene rings is 3. The highest BCUT2D eigenvalue weighted by molar-refractivity contribution is 6.31.